The van der Waals surface area contributed by atoms with Crippen molar-refractivity contribution in [1.29, 1.82) is 0 Å². The molecule has 0 saturated heterocycles. The topological polar surface area (TPSA) is 70.7 Å². The zero-order chi connectivity index (χ0) is 17.8. The molecule has 0 saturated carbocycles. The summed E-state index contributed by atoms with van der Waals surface area (Å²) < 4.78 is 0. The molecule has 25 heavy (non-hydrogen) atoms. The van der Waals surface area contributed by atoms with Crippen LogP contribution < -0.4 is 5.32 Å². The normalized spacial score (nSPS) is 10.7. The third-order valence-corrected chi connectivity index (χ3v) is 3.89. The maximum Gasteiger partial charge on any atom is 0.232 e. The number of nitrogens with one attached hydrogen (secondary N) is 2. The molecular formula is C20H22N4O. The fraction of sp³-hybridized carbons (Fsp3) is 0.250. The number of rotatable bonds is 5. The minimum Gasteiger partial charge on any atom is -0.326 e. The second-order valence-electron chi connectivity index (χ2n) is 6.46. The van der Waals surface area contributed by atoms with Crippen LogP contribution in [0.3, 0.4) is 0 Å². The Kier molecular flexibility index (Phi) is 4.93. The number of aryl methyl sites for hydroxylation is 3. The van der Waals surface area contributed by atoms with Crippen molar-refractivity contribution in [2.24, 2.45) is 0 Å². The van der Waals surface area contributed by atoms with Gasteiger partial charge in [-0.3, -0.25) is 9.89 Å². The van der Waals surface area contributed by atoms with Gasteiger partial charge in [0.2, 0.25) is 5.91 Å². The van der Waals surface area contributed by atoms with Crippen LogP contribution in [0.4, 0.5) is 5.69 Å². The quantitative estimate of drug-likeness (QED) is 0.750. The van der Waals surface area contributed by atoms with Crippen molar-refractivity contribution in [2.75, 3.05) is 5.32 Å². The lowest BCUT2D eigenvalue weighted by Gasteiger charge is -2.06. The first-order valence-electron chi connectivity index (χ1n) is 8.32. The van der Waals surface area contributed by atoms with Crippen LogP contribution in [0.15, 0.2) is 42.5 Å². The summed E-state index contributed by atoms with van der Waals surface area (Å²) in [5.74, 6) is 1.15. The van der Waals surface area contributed by atoms with Crippen molar-refractivity contribution in [3.05, 3.63) is 76.4 Å². The first-order chi connectivity index (χ1) is 12.0. The van der Waals surface area contributed by atoms with E-state index in [0.717, 1.165) is 28.2 Å². The maximum atomic E-state index is 12.2. The van der Waals surface area contributed by atoms with Crippen molar-refractivity contribution in [1.82, 2.24) is 15.2 Å². The predicted octanol–water partition coefficient (Wildman–Crippen LogP) is 3.50. The molecule has 3 aromatic rings. The van der Waals surface area contributed by atoms with Crippen LogP contribution in [0.25, 0.3) is 0 Å². The SMILES string of the molecule is Cc1ccc(Cc2nc(CC(=O)Nc3cc(C)cc(C)c3)n[nH]2)cc1. The average molecular weight is 334 g/mol. The smallest absolute Gasteiger partial charge is 0.232 e. The number of aromatic amines is 1. The molecule has 0 spiro atoms. The van der Waals surface area contributed by atoms with Crippen molar-refractivity contribution in [2.45, 2.75) is 33.6 Å². The molecule has 2 aromatic carbocycles. The highest BCUT2D eigenvalue weighted by molar-refractivity contribution is 5.92. The first kappa shape index (κ1) is 16.9. The van der Waals surface area contributed by atoms with Crippen molar-refractivity contribution in [3.63, 3.8) is 0 Å². The van der Waals surface area contributed by atoms with E-state index in [-0.39, 0.29) is 12.3 Å². The molecule has 0 atom stereocenters. The molecule has 0 aliphatic rings. The third kappa shape index (κ3) is 4.76. The Balaban J connectivity index is 1.60. The van der Waals surface area contributed by atoms with E-state index in [1.165, 1.54) is 5.56 Å². The predicted molar refractivity (Wildman–Crippen MR) is 98.6 cm³/mol. The molecule has 1 heterocycles. The van der Waals surface area contributed by atoms with E-state index in [0.29, 0.717) is 12.2 Å². The van der Waals surface area contributed by atoms with Gasteiger partial charge in [0, 0.05) is 12.1 Å². The Hall–Kier alpha value is -2.95. The van der Waals surface area contributed by atoms with Crippen LogP contribution in [0, 0.1) is 20.8 Å². The van der Waals surface area contributed by atoms with Gasteiger partial charge in [0.1, 0.15) is 5.82 Å². The molecule has 3 rings (SSSR count). The lowest BCUT2D eigenvalue weighted by atomic mass is 10.1. The minimum atomic E-state index is -0.120. The number of anilines is 1. The Morgan fingerprint density at radius 2 is 1.68 bits per heavy atom. The van der Waals surface area contributed by atoms with Gasteiger partial charge >= 0.3 is 0 Å². The standard InChI is InChI=1S/C20H22N4O/c1-13-4-6-16(7-5-13)11-18-22-19(24-23-18)12-20(25)21-17-9-14(2)8-15(3)10-17/h4-10H,11-12H2,1-3H3,(H,21,25)(H,22,23,24). The molecule has 0 fully saturated rings. The Morgan fingerprint density at radius 1 is 1.00 bits per heavy atom. The fourth-order valence-corrected chi connectivity index (χ4v) is 2.79. The van der Waals surface area contributed by atoms with Gasteiger partial charge in [-0.15, -0.1) is 0 Å². The fourth-order valence-electron chi connectivity index (χ4n) is 2.79. The van der Waals surface area contributed by atoms with E-state index in [1.54, 1.807) is 0 Å². The third-order valence-electron chi connectivity index (χ3n) is 3.89. The second kappa shape index (κ2) is 7.30. The summed E-state index contributed by atoms with van der Waals surface area (Å²) in [5, 5.41) is 9.97. The molecule has 0 bridgehead atoms. The lowest BCUT2D eigenvalue weighted by Crippen LogP contribution is -2.15. The molecule has 1 amide bonds. The number of aromatic nitrogens is 3. The van der Waals surface area contributed by atoms with Crippen LogP contribution in [0.1, 0.15) is 33.9 Å². The maximum absolute atomic E-state index is 12.2. The molecule has 0 aliphatic heterocycles. The van der Waals surface area contributed by atoms with E-state index in [4.69, 9.17) is 0 Å². The van der Waals surface area contributed by atoms with Gasteiger partial charge in [-0.2, -0.15) is 5.10 Å². The summed E-state index contributed by atoms with van der Waals surface area (Å²) in [5.41, 5.74) is 5.43. The van der Waals surface area contributed by atoms with Gasteiger partial charge in [-0.05, 0) is 49.6 Å². The van der Waals surface area contributed by atoms with E-state index in [2.05, 4.69) is 57.8 Å². The summed E-state index contributed by atoms with van der Waals surface area (Å²) >= 11 is 0. The number of carbonyl (C=O) groups is 1. The van der Waals surface area contributed by atoms with Crippen LogP contribution in [-0.2, 0) is 17.6 Å². The van der Waals surface area contributed by atoms with Gasteiger partial charge in [0.15, 0.2) is 5.82 Å². The van der Waals surface area contributed by atoms with Crippen LogP contribution >= 0.6 is 0 Å². The number of nitrogens with zero attached hydrogens (tertiary/aromatic N) is 2. The average Bonchev–Trinajstić information content (AvgIpc) is 2.95. The van der Waals surface area contributed by atoms with Gasteiger partial charge in [0.05, 0.1) is 6.42 Å². The Morgan fingerprint density at radius 3 is 2.36 bits per heavy atom. The summed E-state index contributed by atoms with van der Waals surface area (Å²) in [4.78, 5) is 16.6. The molecule has 0 radical (unpaired) electrons. The van der Waals surface area contributed by atoms with Crippen molar-refractivity contribution < 1.29 is 4.79 Å². The molecule has 5 nitrogen and oxygen atoms in total. The molecule has 0 aliphatic carbocycles. The number of H-pyrrole nitrogens is 1. The summed E-state index contributed by atoms with van der Waals surface area (Å²) in [6.07, 6.45) is 0.823. The number of hydrogen-bond acceptors (Lipinski definition) is 3. The molecule has 1 aromatic heterocycles. The van der Waals surface area contributed by atoms with Gasteiger partial charge in [0.25, 0.3) is 0 Å². The van der Waals surface area contributed by atoms with Gasteiger partial charge in [-0.1, -0.05) is 35.9 Å². The molecule has 128 valence electrons. The molecule has 0 unspecified atom stereocenters. The number of hydrogen-bond donors (Lipinski definition) is 2. The second-order valence-corrected chi connectivity index (χ2v) is 6.46. The van der Waals surface area contributed by atoms with E-state index in [9.17, 15) is 4.79 Å². The highest BCUT2D eigenvalue weighted by Gasteiger charge is 2.10. The monoisotopic (exact) mass is 334 g/mol. The highest BCUT2D eigenvalue weighted by atomic mass is 16.1. The van der Waals surface area contributed by atoms with Crippen LogP contribution in [0.2, 0.25) is 0 Å². The zero-order valence-electron chi connectivity index (χ0n) is 14.8. The van der Waals surface area contributed by atoms with Crippen LogP contribution in [0.5, 0.6) is 0 Å². The minimum absolute atomic E-state index is 0.120. The van der Waals surface area contributed by atoms with E-state index in [1.807, 2.05) is 26.0 Å². The summed E-state index contributed by atoms with van der Waals surface area (Å²) in [7, 11) is 0. The Labute approximate surface area is 147 Å². The number of carbonyl (C=O) groups excluding carboxylic acids is 1. The van der Waals surface area contributed by atoms with Crippen molar-refractivity contribution >= 4 is 11.6 Å². The molecule has 2 N–H and O–H groups in total. The lowest BCUT2D eigenvalue weighted by molar-refractivity contribution is -0.115. The zero-order valence-corrected chi connectivity index (χ0v) is 14.8. The van der Waals surface area contributed by atoms with E-state index >= 15 is 0 Å². The summed E-state index contributed by atoms with van der Waals surface area (Å²) in [6, 6.07) is 14.3. The van der Waals surface area contributed by atoms with Crippen LogP contribution in [-0.4, -0.2) is 21.1 Å². The Bertz CT molecular complexity index is 861. The van der Waals surface area contributed by atoms with Crippen molar-refractivity contribution in [3.8, 4) is 0 Å². The van der Waals surface area contributed by atoms with Gasteiger partial charge in [-0.25, -0.2) is 4.98 Å². The summed E-state index contributed by atoms with van der Waals surface area (Å²) in [6.45, 7) is 6.08. The van der Waals surface area contributed by atoms with E-state index < -0.39 is 0 Å². The number of benzene rings is 2. The number of amides is 1. The molecular weight excluding hydrogens is 312 g/mol. The molecule has 5 heteroatoms. The van der Waals surface area contributed by atoms with Gasteiger partial charge < -0.3 is 5.32 Å². The first-order valence-corrected chi connectivity index (χ1v) is 8.32. The largest absolute Gasteiger partial charge is 0.326 e. The highest BCUT2D eigenvalue weighted by Crippen LogP contribution is 2.14.